The summed E-state index contributed by atoms with van der Waals surface area (Å²) >= 11 is 0. The van der Waals surface area contributed by atoms with Crippen LogP contribution in [0.3, 0.4) is 0 Å². The molecule has 0 aliphatic carbocycles. The molecule has 0 spiro atoms. The van der Waals surface area contributed by atoms with Gasteiger partial charge in [-0.3, -0.25) is 4.79 Å². The molecular formula is C22H24N2O4. The van der Waals surface area contributed by atoms with Gasteiger partial charge in [0.15, 0.2) is 12.7 Å². The molecule has 28 heavy (non-hydrogen) atoms. The Balaban J connectivity index is 1.85. The van der Waals surface area contributed by atoms with E-state index >= 15 is 0 Å². The number of ether oxygens (including phenoxy) is 2. The lowest BCUT2D eigenvalue weighted by atomic mass is 9.87. The highest BCUT2D eigenvalue weighted by Gasteiger charge is 2.19. The van der Waals surface area contributed by atoms with Crippen molar-refractivity contribution in [2.75, 3.05) is 11.9 Å². The molecule has 6 heteroatoms. The van der Waals surface area contributed by atoms with Gasteiger partial charge in [-0.2, -0.15) is 5.26 Å². The Morgan fingerprint density at radius 2 is 1.75 bits per heavy atom. The molecule has 0 bridgehead atoms. The largest absolute Gasteiger partial charge is 0.479 e. The molecule has 0 aliphatic heterocycles. The predicted molar refractivity (Wildman–Crippen MR) is 106 cm³/mol. The average Bonchev–Trinajstić information content (AvgIpc) is 2.66. The summed E-state index contributed by atoms with van der Waals surface area (Å²) in [7, 11) is 0. The van der Waals surface area contributed by atoms with E-state index in [1.165, 1.54) is 0 Å². The van der Waals surface area contributed by atoms with Gasteiger partial charge in [0, 0.05) is 0 Å². The normalized spacial score (nSPS) is 11.8. The maximum atomic E-state index is 12.1. The number of amides is 1. The Hall–Kier alpha value is -3.33. The van der Waals surface area contributed by atoms with Gasteiger partial charge in [-0.1, -0.05) is 45.0 Å². The highest BCUT2D eigenvalue weighted by molar-refractivity contribution is 5.94. The zero-order valence-corrected chi connectivity index (χ0v) is 16.5. The van der Waals surface area contributed by atoms with Gasteiger partial charge in [0.25, 0.3) is 5.91 Å². The molecule has 2 rings (SSSR count). The fraction of sp³-hybridized carbons (Fsp3) is 0.318. The minimum Gasteiger partial charge on any atom is -0.479 e. The van der Waals surface area contributed by atoms with E-state index in [4.69, 9.17) is 14.7 Å². The smallest absolute Gasteiger partial charge is 0.347 e. The first-order valence-corrected chi connectivity index (χ1v) is 8.93. The van der Waals surface area contributed by atoms with Gasteiger partial charge >= 0.3 is 5.97 Å². The van der Waals surface area contributed by atoms with Crippen molar-refractivity contribution < 1.29 is 19.1 Å². The number of nitrogens with zero attached hydrogens (tertiary/aromatic N) is 1. The minimum absolute atomic E-state index is 0.0284. The number of nitrogens with one attached hydrogen (secondary N) is 1. The number of esters is 1. The third-order valence-electron chi connectivity index (χ3n) is 4.03. The van der Waals surface area contributed by atoms with Gasteiger partial charge < -0.3 is 14.8 Å². The standard InChI is InChI=1S/C22H24N2O4/c1-15(28-18-11-9-17(10-12-18)22(2,3)4)21(26)27-14-20(25)24-19-8-6-5-7-16(19)13-23/h5-12,15H,14H2,1-4H3,(H,24,25)/t15-/m0/s1. The van der Waals surface area contributed by atoms with Crippen LogP contribution >= 0.6 is 0 Å². The highest BCUT2D eigenvalue weighted by atomic mass is 16.6. The van der Waals surface area contributed by atoms with Crippen molar-refractivity contribution in [3.63, 3.8) is 0 Å². The number of anilines is 1. The van der Waals surface area contributed by atoms with Crippen molar-refractivity contribution in [1.82, 2.24) is 0 Å². The fourth-order valence-electron chi connectivity index (χ4n) is 2.42. The van der Waals surface area contributed by atoms with Crippen LogP contribution in [0.4, 0.5) is 5.69 Å². The maximum absolute atomic E-state index is 12.1. The number of hydrogen-bond donors (Lipinski definition) is 1. The molecule has 0 saturated carbocycles. The first-order chi connectivity index (χ1) is 13.2. The molecule has 2 aromatic rings. The lowest BCUT2D eigenvalue weighted by Gasteiger charge is -2.20. The van der Waals surface area contributed by atoms with E-state index in [1.807, 2.05) is 18.2 Å². The Kier molecular flexibility index (Phi) is 6.78. The van der Waals surface area contributed by atoms with Crippen LogP contribution in [-0.4, -0.2) is 24.6 Å². The number of nitriles is 1. The molecule has 1 amide bonds. The Morgan fingerprint density at radius 3 is 2.36 bits per heavy atom. The summed E-state index contributed by atoms with van der Waals surface area (Å²) < 4.78 is 10.6. The summed E-state index contributed by atoms with van der Waals surface area (Å²) in [5.41, 5.74) is 1.89. The van der Waals surface area contributed by atoms with E-state index in [1.54, 1.807) is 43.3 Å². The van der Waals surface area contributed by atoms with Gasteiger partial charge in [-0.05, 0) is 42.2 Å². The molecule has 146 valence electrons. The molecule has 0 radical (unpaired) electrons. The Morgan fingerprint density at radius 1 is 1.11 bits per heavy atom. The topological polar surface area (TPSA) is 88.4 Å². The van der Waals surface area contributed by atoms with Crippen molar-refractivity contribution in [2.24, 2.45) is 0 Å². The predicted octanol–water partition coefficient (Wildman–Crippen LogP) is 3.80. The summed E-state index contributed by atoms with van der Waals surface area (Å²) in [6.45, 7) is 7.44. The summed E-state index contributed by atoms with van der Waals surface area (Å²) in [5, 5.41) is 11.6. The monoisotopic (exact) mass is 380 g/mol. The van der Waals surface area contributed by atoms with Crippen molar-refractivity contribution in [3.8, 4) is 11.8 Å². The molecule has 0 heterocycles. The molecule has 0 fully saturated rings. The van der Waals surface area contributed by atoms with Crippen molar-refractivity contribution in [1.29, 1.82) is 5.26 Å². The van der Waals surface area contributed by atoms with Gasteiger partial charge in [0.05, 0.1) is 11.3 Å². The van der Waals surface area contributed by atoms with Crippen LogP contribution in [0.15, 0.2) is 48.5 Å². The first-order valence-electron chi connectivity index (χ1n) is 8.93. The molecular weight excluding hydrogens is 356 g/mol. The Bertz CT molecular complexity index is 877. The van der Waals surface area contributed by atoms with E-state index in [-0.39, 0.29) is 5.41 Å². The van der Waals surface area contributed by atoms with Crippen LogP contribution in [-0.2, 0) is 19.7 Å². The van der Waals surface area contributed by atoms with Crippen LogP contribution in [0, 0.1) is 11.3 Å². The number of rotatable bonds is 6. The fourth-order valence-corrected chi connectivity index (χ4v) is 2.42. The van der Waals surface area contributed by atoms with E-state index in [9.17, 15) is 9.59 Å². The summed E-state index contributed by atoms with van der Waals surface area (Å²) in [6, 6.07) is 16.1. The van der Waals surface area contributed by atoms with Gasteiger partial charge in [0.2, 0.25) is 0 Å². The molecule has 0 unspecified atom stereocenters. The summed E-state index contributed by atoms with van der Waals surface area (Å²) in [5.74, 6) is -0.633. The van der Waals surface area contributed by atoms with Gasteiger partial charge in [-0.15, -0.1) is 0 Å². The lowest BCUT2D eigenvalue weighted by Crippen LogP contribution is -2.29. The third-order valence-corrected chi connectivity index (χ3v) is 4.03. The second kappa shape index (κ2) is 9.05. The zero-order valence-electron chi connectivity index (χ0n) is 16.5. The van der Waals surface area contributed by atoms with E-state index in [0.29, 0.717) is 17.0 Å². The molecule has 6 nitrogen and oxygen atoms in total. The van der Waals surface area contributed by atoms with Crippen LogP contribution in [0.2, 0.25) is 0 Å². The van der Waals surface area contributed by atoms with Crippen molar-refractivity contribution in [3.05, 3.63) is 59.7 Å². The van der Waals surface area contributed by atoms with Crippen LogP contribution < -0.4 is 10.1 Å². The summed E-state index contributed by atoms with van der Waals surface area (Å²) in [6.07, 6.45) is -0.861. The second-order valence-corrected chi connectivity index (χ2v) is 7.35. The Labute approximate surface area is 165 Å². The zero-order chi connectivity index (χ0) is 20.7. The van der Waals surface area contributed by atoms with Crippen molar-refractivity contribution >= 4 is 17.6 Å². The second-order valence-electron chi connectivity index (χ2n) is 7.35. The molecule has 1 N–H and O–H groups in total. The number of benzene rings is 2. The number of carbonyl (C=O) groups excluding carboxylic acids is 2. The lowest BCUT2D eigenvalue weighted by molar-refractivity contribution is -0.153. The van der Waals surface area contributed by atoms with Crippen LogP contribution in [0.1, 0.15) is 38.8 Å². The number of para-hydroxylation sites is 1. The highest BCUT2D eigenvalue weighted by Crippen LogP contribution is 2.24. The molecule has 1 atom stereocenters. The maximum Gasteiger partial charge on any atom is 0.347 e. The van der Waals surface area contributed by atoms with Crippen molar-refractivity contribution in [2.45, 2.75) is 39.2 Å². The van der Waals surface area contributed by atoms with Gasteiger partial charge in [0.1, 0.15) is 11.8 Å². The molecule has 0 aromatic heterocycles. The average molecular weight is 380 g/mol. The number of carbonyl (C=O) groups is 2. The first kappa shape index (κ1) is 21.0. The molecule has 0 aliphatic rings. The van der Waals surface area contributed by atoms with E-state index in [2.05, 4.69) is 26.1 Å². The van der Waals surface area contributed by atoms with E-state index < -0.39 is 24.6 Å². The van der Waals surface area contributed by atoms with Crippen LogP contribution in [0.5, 0.6) is 5.75 Å². The van der Waals surface area contributed by atoms with Crippen LogP contribution in [0.25, 0.3) is 0 Å². The van der Waals surface area contributed by atoms with E-state index in [0.717, 1.165) is 5.56 Å². The number of hydrogen-bond acceptors (Lipinski definition) is 5. The van der Waals surface area contributed by atoms with Gasteiger partial charge in [-0.25, -0.2) is 4.79 Å². The minimum atomic E-state index is -0.861. The quantitative estimate of drug-likeness (QED) is 0.770. The molecule has 2 aromatic carbocycles. The SMILES string of the molecule is C[C@H](Oc1ccc(C(C)(C)C)cc1)C(=O)OCC(=O)Nc1ccccc1C#N. The molecule has 0 saturated heterocycles. The summed E-state index contributed by atoms with van der Waals surface area (Å²) in [4.78, 5) is 24.0. The third kappa shape index (κ3) is 5.85.